The van der Waals surface area contributed by atoms with E-state index in [0.29, 0.717) is 0 Å². The van der Waals surface area contributed by atoms with Gasteiger partial charge in [-0.25, -0.2) is 9.59 Å². The number of rotatable bonds is 3. The van der Waals surface area contributed by atoms with E-state index in [-0.39, 0.29) is 12.5 Å². The molecule has 0 radical (unpaired) electrons. The number of methoxy groups -OCH3 is 1. The number of esters is 1. The third-order valence-electron chi connectivity index (χ3n) is 1.23. The van der Waals surface area contributed by atoms with Gasteiger partial charge in [-0.15, -0.1) is 0 Å². The standard InChI is InChI=1S/C6H12N2O3.C2H2O4/c1-4(7)6(10)8-3-5(9)11-2;3-1(4)2(5)6/h4H,3,7H2,1-2H3,(H,8,10);(H,3,4)(H,5,6)/t4-;/m0./s1. The predicted molar refractivity (Wildman–Crippen MR) is 53.9 cm³/mol. The number of aliphatic carboxylic acids is 2. The molecule has 0 aromatic rings. The smallest absolute Gasteiger partial charge is 0.414 e. The zero-order valence-electron chi connectivity index (χ0n) is 9.30. The van der Waals surface area contributed by atoms with Crippen LogP contribution in [0.2, 0.25) is 0 Å². The van der Waals surface area contributed by atoms with Crippen LogP contribution in [-0.2, 0) is 23.9 Å². The molecule has 0 aliphatic rings. The number of nitrogens with one attached hydrogen (secondary N) is 1. The number of hydrogen-bond acceptors (Lipinski definition) is 6. The Labute approximate surface area is 96.5 Å². The summed E-state index contributed by atoms with van der Waals surface area (Å²) in [5, 5.41) is 17.1. The van der Waals surface area contributed by atoms with Gasteiger partial charge in [-0.05, 0) is 6.92 Å². The van der Waals surface area contributed by atoms with Crippen molar-refractivity contribution < 1.29 is 34.1 Å². The highest BCUT2D eigenvalue weighted by atomic mass is 16.5. The van der Waals surface area contributed by atoms with Crippen LogP contribution in [0.1, 0.15) is 6.92 Å². The van der Waals surface area contributed by atoms with E-state index in [1.807, 2.05) is 0 Å². The number of nitrogens with two attached hydrogens (primary N) is 1. The second-order valence-corrected chi connectivity index (χ2v) is 2.69. The Kier molecular flexibility index (Phi) is 9.22. The van der Waals surface area contributed by atoms with E-state index < -0.39 is 23.9 Å². The van der Waals surface area contributed by atoms with Crippen molar-refractivity contribution in [2.75, 3.05) is 13.7 Å². The first-order valence-corrected chi connectivity index (χ1v) is 4.28. The quantitative estimate of drug-likeness (QED) is 0.324. The maximum absolute atomic E-state index is 10.7. The second-order valence-electron chi connectivity index (χ2n) is 2.69. The first kappa shape index (κ1) is 17.2. The molecule has 1 atom stereocenters. The lowest BCUT2D eigenvalue weighted by Gasteiger charge is -2.05. The highest BCUT2D eigenvalue weighted by Crippen LogP contribution is 1.75. The summed E-state index contributed by atoms with van der Waals surface area (Å²) in [6.45, 7) is 1.41. The molecule has 0 aromatic carbocycles. The third-order valence-corrected chi connectivity index (χ3v) is 1.23. The molecule has 0 aliphatic heterocycles. The Hall–Kier alpha value is -2.16. The summed E-state index contributed by atoms with van der Waals surface area (Å²) in [7, 11) is 1.25. The summed E-state index contributed by atoms with van der Waals surface area (Å²) in [6, 6.07) is -0.598. The molecule has 9 nitrogen and oxygen atoms in total. The SMILES string of the molecule is COC(=O)CNC(=O)[C@H](C)N.O=C(O)C(=O)O. The average molecular weight is 250 g/mol. The number of hydrogen-bond donors (Lipinski definition) is 4. The van der Waals surface area contributed by atoms with Gasteiger partial charge in [0.25, 0.3) is 0 Å². The summed E-state index contributed by atoms with van der Waals surface area (Å²) >= 11 is 0. The van der Waals surface area contributed by atoms with Crippen LogP contribution in [-0.4, -0.2) is 53.7 Å². The van der Waals surface area contributed by atoms with Gasteiger partial charge in [-0.1, -0.05) is 0 Å². The molecular weight excluding hydrogens is 236 g/mol. The highest BCUT2D eigenvalue weighted by Gasteiger charge is 2.08. The Morgan fingerprint density at radius 1 is 1.24 bits per heavy atom. The van der Waals surface area contributed by atoms with E-state index in [4.69, 9.17) is 25.5 Å². The number of carboxylic acids is 2. The van der Waals surface area contributed by atoms with Gasteiger partial charge in [0, 0.05) is 0 Å². The fourth-order valence-electron chi connectivity index (χ4n) is 0.392. The molecule has 0 fully saturated rings. The zero-order valence-corrected chi connectivity index (χ0v) is 9.30. The summed E-state index contributed by atoms with van der Waals surface area (Å²) in [4.78, 5) is 39.4. The molecule has 98 valence electrons. The van der Waals surface area contributed by atoms with Gasteiger partial charge < -0.3 is 26.0 Å². The minimum atomic E-state index is -1.82. The minimum Gasteiger partial charge on any atom is -0.473 e. The second kappa shape index (κ2) is 9.09. The molecule has 5 N–H and O–H groups in total. The normalized spacial score (nSPS) is 10.3. The largest absolute Gasteiger partial charge is 0.473 e. The Morgan fingerprint density at radius 2 is 1.65 bits per heavy atom. The van der Waals surface area contributed by atoms with Gasteiger partial charge in [0.1, 0.15) is 6.54 Å². The fourth-order valence-corrected chi connectivity index (χ4v) is 0.392. The maximum Gasteiger partial charge on any atom is 0.414 e. The first-order valence-electron chi connectivity index (χ1n) is 4.28. The summed E-state index contributed by atoms with van der Waals surface area (Å²) < 4.78 is 4.29. The lowest BCUT2D eigenvalue weighted by molar-refractivity contribution is -0.159. The van der Waals surface area contributed by atoms with Gasteiger partial charge in [0.05, 0.1) is 13.2 Å². The summed E-state index contributed by atoms with van der Waals surface area (Å²) in [6.07, 6.45) is 0. The van der Waals surface area contributed by atoms with Crippen molar-refractivity contribution in [1.29, 1.82) is 0 Å². The molecule has 17 heavy (non-hydrogen) atoms. The van der Waals surface area contributed by atoms with Crippen molar-refractivity contribution >= 4 is 23.8 Å². The molecule has 0 saturated carbocycles. The van der Waals surface area contributed by atoms with Crippen LogP contribution in [0.3, 0.4) is 0 Å². The highest BCUT2D eigenvalue weighted by molar-refractivity contribution is 6.27. The lowest BCUT2D eigenvalue weighted by atomic mass is 10.3. The number of carbonyl (C=O) groups is 4. The zero-order chi connectivity index (χ0) is 14.0. The lowest BCUT2D eigenvalue weighted by Crippen LogP contribution is -2.40. The molecule has 0 spiro atoms. The van der Waals surface area contributed by atoms with Crippen molar-refractivity contribution in [3.8, 4) is 0 Å². The van der Waals surface area contributed by atoms with Gasteiger partial charge >= 0.3 is 17.9 Å². The average Bonchev–Trinajstić information content (AvgIpc) is 2.25. The van der Waals surface area contributed by atoms with E-state index in [9.17, 15) is 9.59 Å². The van der Waals surface area contributed by atoms with Crippen molar-refractivity contribution in [3.05, 3.63) is 0 Å². The summed E-state index contributed by atoms with van der Waals surface area (Å²) in [5.74, 6) is -4.50. The molecule has 0 bridgehead atoms. The third kappa shape index (κ3) is 11.8. The minimum absolute atomic E-state index is 0.128. The van der Waals surface area contributed by atoms with Gasteiger partial charge in [0.2, 0.25) is 5.91 Å². The van der Waals surface area contributed by atoms with Gasteiger partial charge in [0.15, 0.2) is 0 Å². The van der Waals surface area contributed by atoms with Crippen LogP contribution in [0, 0.1) is 0 Å². The molecule has 0 aliphatic carbocycles. The molecular formula is C8H14N2O7. The predicted octanol–water partition coefficient (Wildman–Crippen LogP) is -2.22. The van der Waals surface area contributed by atoms with Crippen LogP contribution >= 0.6 is 0 Å². The monoisotopic (exact) mass is 250 g/mol. The van der Waals surface area contributed by atoms with E-state index in [0.717, 1.165) is 0 Å². The van der Waals surface area contributed by atoms with Crippen LogP contribution in [0.25, 0.3) is 0 Å². The van der Waals surface area contributed by atoms with Crippen molar-refractivity contribution in [2.45, 2.75) is 13.0 Å². The van der Waals surface area contributed by atoms with Gasteiger partial charge in [-0.3, -0.25) is 9.59 Å². The Balaban J connectivity index is 0. The fraction of sp³-hybridized carbons (Fsp3) is 0.500. The van der Waals surface area contributed by atoms with Gasteiger partial charge in [-0.2, -0.15) is 0 Å². The van der Waals surface area contributed by atoms with Crippen LogP contribution < -0.4 is 11.1 Å². The molecule has 9 heteroatoms. The van der Waals surface area contributed by atoms with Crippen LogP contribution in [0.5, 0.6) is 0 Å². The van der Waals surface area contributed by atoms with E-state index >= 15 is 0 Å². The molecule has 0 rings (SSSR count). The molecule has 0 unspecified atom stereocenters. The van der Waals surface area contributed by atoms with Crippen molar-refractivity contribution in [2.24, 2.45) is 5.73 Å². The van der Waals surface area contributed by atoms with Crippen LogP contribution in [0.15, 0.2) is 0 Å². The summed E-state index contributed by atoms with van der Waals surface area (Å²) in [5.41, 5.74) is 5.20. The molecule has 0 aromatic heterocycles. The first-order chi connectivity index (χ1) is 7.72. The molecule has 0 saturated heterocycles. The maximum atomic E-state index is 10.7. The number of ether oxygens (including phenoxy) is 1. The van der Waals surface area contributed by atoms with E-state index in [2.05, 4.69) is 10.1 Å². The Bertz CT molecular complexity index is 288. The molecule has 0 heterocycles. The number of carbonyl (C=O) groups excluding carboxylic acids is 2. The van der Waals surface area contributed by atoms with E-state index in [1.165, 1.54) is 14.0 Å². The van der Waals surface area contributed by atoms with Crippen molar-refractivity contribution in [1.82, 2.24) is 5.32 Å². The molecule has 1 amide bonds. The van der Waals surface area contributed by atoms with E-state index in [1.54, 1.807) is 0 Å². The Morgan fingerprint density at radius 3 is 1.88 bits per heavy atom. The van der Waals surface area contributed by atoms with Crippen molar-refractivity contribution in [3.63, 3.8) is 0 Å². The number of carboxylic acid groups (broad SMARTS) is 2. The van der Waals surface area contributed by atoms with Crippen LogP contribution in [0.4, 0.5) is 0 Å². The number of amides is 1. The topological polar surface area (TPSA) is 156 Å².